The van der Waals surface area contributed by atoms with Gasteiger partial charge in [0.05, 0.1) is 12.2 Å². The summed E-state index contributed by atoms with van der Waals surface area (Å²) < 4.78 is 7.60. The fourth-order valence-electron chi connectivity index (χ4n) is 3.04. The van der Waals surface area contributed by atoms with E-state index in [0.717, 1.165) is 38.0 Å². The number of nitrogens with zero attached hydrogens (tertiary/aromatic N) is 5. The number of nitrogens with one attached hydrogen (secondary N) is 2. The van der Waals surface area contributed by atoms with Crippen molar-refractivity contribution >= 4 is 29.9 Å². The van der Waals surface area contributed by atoms with Gasteiger partial charge in [0, 0.05) is 38.8 Å². The molecular formula is C17H34IN7O. The molecule has 0 amide bonds. The van der Waals surface area contributed by atoms with Crippen molar-refractivity contribution in [1.29, 1.82) is 0 Å². The number of aromatic nitrogens is 3. The second-order valence-electron chi connectivity index (χ2n) is 7.32. The third kappa shape index (κ3) is 6.66. The molecule has 150 valence electrons. The van der Waals surface area contributed by atoms with Crippen LogP contribution in [0.25, 0.3) is 0 Å². The first-order valence-corrected chi connectivity index (χ1v) is 9.07. The van der Waals surface area contributed by atoms with Crippen LogP contribution in [-0.4, -0.2) is 69.5 Å². The molecule has 1 aliphatic rings. The summed E-state index contributed by atoms with van der Waals surface area (Å²) in [6, 6.07) is 0. The van der Waals surface area contributed by atoms with Crippen LogP contribution in [0.15, 0.2) is 11.3 Å². The molecule has 1 aliphatic heterocycles. The summed E-state index contributed by atoms with van der Waals surface area (Å²) in [4.78, 5) is 11.3. The molecule has 1 aromatic rings. The van der Waals surface area contributed by atoms with Crippen LogP contribution in [0.1, 0.15) is 40.4 Å². The number of hydrogen-bond donors (Lipinski definition) is 2. The molecule has 2 rings (SSSR count). The van der Waals surface area contributed by atoms with E-state index in [4.69, 9.17) is 4.74 Å². The zero-order valence-electron chi connectivity index (χ0n) is 16.8. The molecule has 0 bridgehead atoms. The van der Waals surface area contributed by atoms with Crippen molar-refractivity contribution in [3.8, 4) is 0 Å². The van der Waals surface area contributed by atoms with Crippen molar-refractivity contribution in [2.24, 2.45) is 12.0 Å². The van der Waals surface area contributed by atoms with Gasteiger partial charge < -0.3 is 15.4 Å². The molecule has 1 saturated heterocycles. The highest BCUT2D eigenvalue weighted by molar-refractivity contribution is 14.0. The number of halogens is 1. The van der Waals surface area contributed by atoms with Gasteiger partial charge in [0.15, 0.2) is 5.96 Å². The quantitative estimate of drug-likeness (QED) is 0.365. The van der Waals surface area contributed by atoms with E-state index in [1.807, 2.05) is 7.05 Å². The summed E-state index contributed by atoms with van der Waals surface area (Å²) in [5, 5.41) is 10.8. The molecule has 0 aromatic carbocycles. The molecule has 2 atom stereocenters. The minimum atomic E-state index is 0. The smallest absolute Gasteiger partial charge is 0.191 e. The van der Waals surface area contributed by atoms with Crippen molar-refractivity contribution in [3.63, 3.8) is 0 Å². The number of aliphatic imine (C=N–C) groups is 1. The third-order valence-electron chi connectivity index (χ3n) is 4.49. The van der Waals surface area contributed by atoms with Crippen molar-refractivity contribution in [2.75, 3.05) is 26.2 Å². The minimum Gasteiger partial charge on any atom is -0.373 e. The van der Waals surface area contributed by atoms with Crippen molar-refractivity contribution in [3.05, 3.63) is 12.2 Å². The van der Waals surface area contributed by atoms with Crippen molar-refractivity contribution < 1.29 is 4.74 Å². The average Bonchev–Trinajstić information content (AvgIpc) is 2.94. The summed E-state index contributed by atoms with van der Waals surface area (Å²) in [5.41, 5.74) is 0.00721. The summed E-state index contributed by atoms with van der Waals surface area (Å²) >= 11 is 0. The molecule has 0 radical (unpaired) electrons. The molecule has 0 aliphatic carbocycles. The summed E-state index contributed by atoms with van der Waals surface area (Å²) in [5.74, 6) is 1.64. The van der Waals surface area contributed by atoms with Gasteiger partial charge >= 0.3 is 0 Å². The summed E-state index contributed by atoms with van der Waals surface area (Å²) in [7, 11) is 1.88. The van der Waals surface area contributed by atoms with Gasteiger partial charge in [0.25, 0.3) is 0 Å². The zero-order chi connectivity index (χ0) is 18.4. The normalized spacial score (nSPS) is 22.0. The predicted molar refractivity (Wildman–Crippen MR) is 115 cm³/mol. The number of aryl methyl sites for hydroxylation is 1. The first-order valence-electron chi connectivity index (χ1n) is 9.07. The van der Waals surface area contributed by atoms with Gasteiger partial charge in [-0.25, -0.2) is 9.98 Å². The fourth-order valence-corrected chi connectivity index (χ4v) is 3.04. The summed E-state index contributed by atoms with van der Waals surface area (Å²) in [6.45, 7) is 14.9. The Morgan fingerprint density at radius 1 is 1.31 bits per heavy atom. The lowest BCUT2D eigenvalue weighted by Crippen LogP contribution is -2.59. The molecule has 0 spiro atoms. The van der Waals surface area contributed by atoms with Crippen LogP contribution in [0.3, 0.4) is 0 Å². The van der Waals surface area contributed by atoms with Crippen LogP contribution in [0, 0.1) is 0 Å². The van der Waals surface area contributed by atoms with E-state index in [0.29, 0.717) is 6.54 Å². The SMILES string of the molecule is CCNC(=NCc1ncnn1C)NCC(C)(C)N1CC(C)OC(C)C1.I. The molecule has 1 aromatic heterocycles. The lowest BCUT2D eigenvalue weighted by molar-refractivity contribution is -0.0946. The lowest BCUT2D eigenvalue weighted by atomic mass is 10.00. The zero-order valence-corrected chi connectivity index (χ0v) is 19.2. The highest BCUT2D eigenvalue weighted by Crippen LogP contribution is 2.20. The monoisotopic (exact) mass is 479 g/mol. The van der Waals surface area contributed by atoms with Crippen molar-refractivity contribution in [2.45, 2.75) is 58.9 Å². The lowest BCUT2D eigenvalue weighted by Gasteiger charge is -2.45. The highest BCUT2D eigenvalue weighted by Gasteiger charge is 2.33. The Hall–Kier alpha value is -0.940. The maximum atomic E-state index is 5.85. The fraction of sp³-hybridized carbons (Fsp3) is 0.824. The maximum absolute atomic E-state index is 5.85. The molecule has 8 nitrogen and oxygen atoms in total. The summed E-state index contributed by atoms with van der Waals surface area (Å²) in [6.07, 6.45) is 2.08. The second kappa shape index (κ2) is 10.4. The number of rotatable bonds is 6. The Labute approximate surface area is 174 Å². The number of hydrogen-bond acceptors (Lipinski definition) is 5. The number of guanidine groups is 1. The average molecular weight is 479 g/mol. The van der Waals surface area contributed by atoms with E-state index in [1.54, 1.807) is 11.0 Å². The predicted octanol–water partition coefficient (Wildman–Crippen LogP) is 1.38. The molecular weight excluding hydrogens is 445 g/mol. The molecule has 0 saturated carbocycles. The largest absolute Gasteiger partial charge is 0.373 e. The minimum absolute atomic E-state index is 0. The van der Waals surface area contributed by atoms with Gasteiger partial charge in [0.1, 0.15) is 18.7 Å². The van der Waals surface area contributed by atoms with Crippen LogP contribution < -0.4 is 10.6 Å². The van der Waals surface area contributed by atoms with Crippen LogP contribution in [0.5, 0.6) is 0 Å². The first kappa shape index (κ1) is 23.1. The molecule has 2 heterocycles. The van der Waals surface area contributed by atoms with E-state index < -0.39 is 0 Å². The van der Waals surface area contributed by atoms with E-state index in [1.165, 1.54) is 0 Å². The number of morpholine rings is 1. The molecule has 2 unspecified atom stereocenters. The van der Waals surface area contributed by atoms with E-state index in [9.17, 15) is 0 Å². The Kier molecular flexibility index (Phi) is 9.25. The van der Waals surface area contributed by atoms with Crippen LogP contribution in [0.4, 0.5) is 0 Å². The maximum Gasteiger partial charge on any atom is 0.191 e. The molecule has 1 fully saturated rings. The molecule has 9 heteroatoms. The number of ether oxygens (including phenoxy) is 1. The standard InChI is InChI=1S/C17H33N7O.HI/c1-7-18-16(19-8-15-21-12-22-23(15)6)20-11-17(4,5)24-9-13(2)25-14(3)10-24;/h12-14H,7-11H2,1-6H3,(H2,18,19,20);1H. The van der Waals surface area contributed by atoms with Gasteiger partial charge in [-0.05, 0) is 34.6 Å². The van der Waals surface area contributed by atoms with Gasteiger partial charge in [0.2, 0.25) is 0 Å². The first-order chi connectivity index (χ1) is 11.8. The topological polar surface area (TPSA) is 79.6 Å². The Morgan fingerprint density at radius 2 is 1.96 bits per heavy atom. The highest BCUT2D eigenvalue weighted by atomic mass is 127. The molecule has 2 N–H and O–H groups in total. The van der Waals surface area contributed by atoms with E-state index in [2.05, 4.69) is 65.2 Å². The van der Waals surface area contributed by atoms with Gasteiger partial charge in [-0.15, -0.1) is 24.0 Å². The van der Waals surface area contributed by atoms with Crippen molar-refractivity contribution in [1.82, 2.24) is 30.3 Å². The van der Waals surface area contributed by atoms with E-state index >= 15 is 0 Å². The molecule has 26 heavy (non-hydrogen) atoms. The van der Waals surface area contributed by atoms with Crippen LogP contribution in [0.2, 0.25) is 0 Å². The van der Waals surface area contributed by atoms with Gasteiger partial charge in [-0.1, -0.05) is 0 Å². The second-order valence-corrected chi connectivity index (χ2v) is 7.32. The Balaban J connectivity index is 0.00000338. The van der Waals surface area contributed by atoms with Gasteiger partial charge in [-0.2, -0.15) is 5.10 Å². The third-order valence-corrected chi connectivity index (χ3v) is 4.49. The van der Waals surface area contributed by atoms with Gasteiger partial charge in [-0.3, -0.25) is 9.58 Å². The van der Waals surface area contributed by atoms with Crippen LogP contribution >= 0.6 is 24.0 Å². The Morgan fingerprint density at radius 3 is 2.50 bits per heavy atom. The van der Waals surface area contributed by atoms with E-state index in [-0.39, 0.29) is 41.7 Å². The Bertz CT molecular complexity index is 565. The van der Waals surface area contributed by atoms with Crippen LogP contribution in [-0.2, 0) is 18.3 Å².